The standard InChI is InChI=1S/C15H8BrFO2/c16-14-13(9-5-7-10(17)8-6-9)11-3-1-2-4-12(11)19-15(14)18/h1-8H. The number of benzene rings is 2. The Morgan fingerprint density at radius 2 is 1.68 bits per heavy atom. The average Bonchev–Trinajstić information content (AvgIpc) is 2.42. The van der Waals surface area contributed by atoms with Crippen molar-refractivity contribution in [2.75, 3.05) is 0 Å². The summed E-state index contributed by atoms with van der Waals surface area (Å²) in [6.07, 6.45) is 0. The van der Waals surface area contributed by atoms with Crippen molar-refractivity contribution >= 4 is 26.9 Å². The van der Waals surface area contributed by atoms with E-state index in [9.17, 15) is 9.18 Å². The molecule has 0 aliphatic rings. The van der Waals surface area contributed by atoms with Gasteiger partial charge >= 0.3 is 5.63 Å². The van der Waals surface area contributed by atoms with Gasteiger partial charge in [0.15, 0.2) is 0 Å². The molecule has 0 unspecified atom stereocenters. The first-order chi connectivity index (χ1) is 9.16. The van der Waals surface area contributed by atoms with Crippen LogP contribution < -0.4 is 5.63 Å². The summed E-state index contributed by atoms with van der Waals surface area (Å²) in [6.45, 7) is 0. The van der Waals surface area contributed by atoms with E-state index in [0.29, 0.717) is 15.6 Å². The van der Waals surface area contributed by atoms with Crippen LogP contribution in [0.5, 0.6) is 0 Å². The van der Waals surface area contributed by atoms with Crippen LogP contribution in [-0.4, -0.2) is 0 Å². The summed E-state index contributed by atoms with van der Waals surface area (Å²) >= 11 is 3.26. The van der Waals surface area contributed by atoms with Crippen LogP contribution in [0.4, 0.5) is 4.39 Å². The van der Waals surface area contributed by atoms with Gasteiger partial charge in [0.1, 0.15) is 15.9 Å². The second-order valence-electron chi connectivity index (χ2n) is 4.08. The molecule has 94 valence electrons. The van der Waals surface area contributed by atoms with Crippen LogP contribution >= 0.6 is 15.9 Å². The smallest absolute Gasteiger partial charge is 0.351 e. The molecule has 0 aliphatic carbocycles. The summed E-state index contributed by atoms with van der Waals surface area (Å²) in [5, 5.41) is 0.806. The fourth-order valence-corrected chi connectivity index (χ4v) is 2.55. The first-order valence-corrected chi connectivity index (χ1v) is 6.43. The summed E-state index contributed by atoms with van der Waals surface area (Å²) in [7, 11) is 0. The molecule has 2 nitrogen and oxygen atoms in total. The predicted molar refractivity (Wildman–Crippen MR) is 75.6 cm³/mol. The lowest BCUT2D eigenvalue weighted by Crippen LogP contribution is -2.02. The normalized spacial score (nSPS) is 10.8. The van der Waals surface area contributed by atoms with Crippen molar-refractivity contribution in [2.45, 2.75) is 0 Å². The van der Waals surface area contributed by atoms with Gasteiger partial charge in [0.25, 0.3) is 0 Å². The molecule has 0 saturated heterocycles. The quantitative estimate of drug-likeness (QED) is 0.624. The Morgan fingerprint density at radius 1 is 1.00 bits per heavy atom. The lowest BCUT2D eigenvalue weighted by atomic mass is 10.0. The van der Waals surface area contributed by atoms with E-state index in [2.05, 4.69) is 15.9 Å². The van der Waals surface area contributed by atoms with Gasteiger partial charge in [-0.25, -0.2) is 9.18 Å². The van der Waals surface area contributed by atoms with E-state index < -0.39 is 5.63 Å². The number of hydrogen-bond acceptors (Lipinski definition) is 2. The molecule has 19 heavy (non-hydrogen) atoms. The van der Waals surface area contributed by atoms with Crippen molar-refractivity contribution in [2.24, 2.45) is 0 Å². The van der Waals surface area contributed by atoms with Gasteiger partial charge in [0.2, 0.25) is 0 Å². The third kappa shape index (κ3) is 2.08. The highest BCUT2D eigenvalue weighted by Crippen LogP contribution is 2.33. The minimum absolute atomic E-state index is 0.313. The topological polar surface area (TPSA) is 30.2 Å². The summed E-state index contributed by atoms with van der Waals surface area (Å²) < 4.78 is 18.6. The van der Waals surface area contributed by atoms with E-state index in [4.69, 9.17) is 4.42 Å². The molecule has 1 aromatic heterocycles. The molecule has 0 radical (unpaired) electrons. The van der Waals surface area contributed by atoms with Gasteiger partial charge in [-0.2, -0.15) is 0 Å². The average molecular weight is 319 g/mol. The van der Waals surface area contributed by atoms with Crippen LogP contribution in [0.1, 0.15) is 0 Å². The number of hydrogen-bond donors (Lipinski definition) is 0. The number of fused-ring (bicyclic) bond motifs is 1. The van der Waals surface area contributed by atoms with Crippen LogP contribution in [0.25, 0.3) is 22.1 Å². The fraction of sp³-hybridized carbons (Fsp3) is 0. The molecular weight excluding hydrogens is 311 g/mol. The van der Waals surface area contributed by atoms with Gasteiger partial charge in [-0.05, 0) is 39.7 Å². The van der Waals surface area contributed by atoms with Crippen LogP contribution in [0.2, 0.25) is 0 Å². The first kappa shape index (κ1) is 12.1. The monoisotopic (exact) mass is 318 g/mol. The Labute approximate surface area is 116 Å². The minimum Gasteiger partial charge on any atom is -0.422 e. The Bertz CT molecular complexity index is 806. The first-order valence-electron chi connectivity index (χ1n) is 5.64. The van der Waals surface area contributed by atoms with Crippen molar-refractivity contribution in [1.82, 2.24) is 0 Å². The summed E-state index contributed by atoms with van der Waals surface area (Å²) in [5.41, 5.74) is 1.54. The molecule has 0 amide bonds. The summed E-state index contributed by atoms with van der Waals surface area (Å²) in [5.74, 6) is -0.313. The van der Waals surface area contributed by atoms with Crippen LogP contribution in [-0.2, 0) is 0 Å². The Balaban J connectivity index is 2.42. The van der Waals surface area contributed by atoms with Crippen molar-refractivity contribution in [3.63, 3.8) is 0 Å². The molecule has 3 rings (SSSR count). The molecule has 1 heterocycles. The second kappa shape index (κ2) is 4.63. The van der Waals surface area contributed by atoms with Gasteiger partial charge in [-0.3, -0.25) is 0 Å². The van der Waals surface area contributed by atoms with E-state index in [1.165, 1.54) is 12.1 Å². The zero-order chi connectivity index (χ0) is 13.4. The molecule has 0 aliphatic heterocycles. The Kier molecular flexibility index (Phi) is 2.95. The molecule has 0 N–H and O–H groups in total. The zero-order valence-corrected chi connectivity index (χ0v) is 11.3. The van der Waals surface area contributed by atoms with Crippen LogP contribution in [0, 0.1) is 5.82 Å². The van der Waals surface area contributed by atoms with E-state index >= 15 is 0 Å². The van der Waals surface area contributed by atoms with Gasteiger partial charge in [-0.1, -0.05) is 30.3 Å². The lowest BCUT2D eigenvalue weighted by Gasteiger charge is -2.07. The summed E-state index contributed by atoms with van der Waals surface area (Å²) in [4.78, 5) is 11.8. The third-order valence-electron chi connectivity index (χ3n) is 2.89. The largest absolute Gasteiger partial charge is 0.422 e. The fourth-order valence-electron chi connectivity index (χ4n) is 2.03. The zero-order valence-electron chi connectivity index (χ0n) is 9.69. The maximum Gasteiger partial charge on any atom is 0.351 e. The van der Waals surface area contributed by atoms with Gasteiger partial charge in [0.05, 0.1) is 0 Å². The van der Waals surface area contributed by atoms with E-state index in [1.807, 2.05) is 12.1 Å². The van der Waals surface area contributed by atoms with Gasteiger partial charge in [-0.15, -0.1) is 0 Å². The molecular formula is C15H8BrFO2. The SMILES string of the molecule is O=c1oc2ccccc2c(-c2ccc(F)cc2)c1Br. The molecule has 0 fully saturated rings. The molecule has 3 aromatic rings. The number of rotatable bonds is 1. The highest BCUT2D eigenvalue weighted by atomic mass is 79.9. The highest BCUT2D eigenvalue weighted by molar-refractivity contribution is 9.10. The van der Waals surface area contributed by atoms with E-state index in [1.54, 1.807) is 24.3 Å². The van der Waals surface area contributed by atoms with Crippen molar-refractivity contribution in [3.8, 4) is 11.1 Å². The Morgan fingerprint density at radius 3 is 2.42 bits per heavy atom. The minimum atomic E-state index is -0.446. The van der Waals surface area contributed by atoms with E-state index in [-0.39, 0.29) is 5.82 Å². The highest BCUT2D eigenvalue weighted by Gasteiger charge is 2.13. The second-order valence-corrected chi connectivity index (χ2v) is 4.87. The third-order valence-corrected chi connectivity index (χ3v) is 3.61. The molecule has 0 saturated carbocycles. The van der Waals surface area contributed by atoms with Gasteiger partial charge in [0, 0.05) is 10.9 Å². The summed E-state index contributed by atoms with van der Waals surface area (Å²) in [6, 6.07) is 13.3. The van der Waals surface area contributed by atoms with Crippen molar-refractivity contribution in [1.29, 1.82) is 0 Å². The Hall–Kier alpha value is -1.94. The van der Waals surface area contributed by atoms with Crippen molar-refractivity contribution < 1.29 is 8.81 Å². The molecule has 0 atom stereocenters. The predicted octanol–water partition coefficient (Wildman–Crippen LogP) is 4.36. The van der Waals surface area contributed by atoms with Crippen LogP contribution in [0.3, 0.4) is 0 Å². The maximum atomic E-state index is 13.0. The van der Waals surface area contributed by atoms with Crippen LogP contribution in [0.15, 0.2) is 62.2 Å². The molecule has 2 aromatic carbocycles. The van der Waals surface area contributed by atoms with Crippen molar-refractivity contribution in [3.05, 3.63) is 69.2 Å². The lowest BCUT2D eigenvalue weighted by molar-refractivity contribution is 0.557. The molecule has 0 spiro atoms. The number of para-hydroxylation sites is 1. The molecule has 0 bridgehead atoms. The maximum absolute atomic E-state index is 13.0. The van der Waals surface area contributed by atoms with E-state index in [0.717, 1.165) is 10.9 Å². The van der Waals surface area contributed by atoms with Gasteiger partial charge < -0.3 is 4.42 Å². The number of halogens is 2. The molecule has 4 heteroatoms.